The largest absolute Gasteiger partial charge is 0.490 e. The van der Waals surface area contributed by atoms with Crippen molar-refractivity contribution in [2.75, 3.05) is 11.9 Å². The van der Waals surface area contributed by atoms with Gasteiger partial charge in [0.1, 0.15) is 6.61 Å². The van der Waals surface area contributed by atoms with Crippen molar-refractivity contribution in [3.8, 4) is 11.5 Å². The summed E-state index contributed by atoms with van der Waals surface area (Å²) in [6.45, 7) is 2.63. The smallest absolute Gasteiger partial charge is 0.416 e. The van der Waals surface area contributed by atoms with Gasteiger partial charge in [-0.2, -0.15) is 18.3 Å². The first-order valence-electron chi connectivity index (χ1n) is 11.6. The quantitative estimate of drug-likeness (QED) is 0.202. The number of ether oxygens (including phenoxy) is 2. The van der Waals surface area contributed by atoms with Crippen LogP contribution in [0.15, 0.2) is 76.3 Å². The molecule has 3 rings (SSSR count). The zero-order valence-electron chi connectivity index (χ0n) is 20.3. The van der Waals surface area contributed by atoms with Gasteiger partial charge in [0, 0.05) is 23.0 Å². The average molecular weight is 592 g/mol. The minimum atomic E-state index is -4.52. The first-order valence-corrected chi connectivity index (χ1v) is 12.4. The van der Waals surface area contributed by atoms with Gasteiger partial charge in [-0.25, -0.2) is 5.43 Å². The summed E-state index contributed by atoms with van der Waals surface area (Å²) in [5.74, 6) is -0.0441. The minimum Gasteiger partial charge on any atom is -0.490 e. The van der Waals surface area contributed by atoms with Crippen LogP contribution >= 0.6 is 15.9 Å². The normalized spacial score (nSPS) is 11.3. The summed E-state index contributed by atoms with van der Waals surface area (Å²) in [6.07, 6.45) is -3.53. The molecule has 0 aromatic heterocycles. The molecular formula is C27H25BrF3N3O4. The van der Waals surface area contributed by atoms with E-state index in [1.54, 1.807) is 18.2 Å². The number of hydrazone groups is 1. The van der Waals surface area contributed by atoms with Crippen LogP contribution < -0.4 is 20.2 Å². The van der Waals surface area contributed by atoms with E-state index in [4.69, 9.17) is 9.47 Å². The van der Waals surface area contributed by atoms with Crippen LogP contribution in [-0.2, 0) is 22.4 Å². The van der Waals surface area contributed by atoms with Crippen LogP contribution in [0.5, 0.6) is 11.5 Å². The Labute approximate surface area is 226 Å². The monoisotopic (exact) mass is 591 g/mol. The van der Waals surface area contributed by atoms with Gasteiger partial charge in [-0.1, -0.05) is 34.1 Å². The molecule has 2 amide bonds. The molecule has 0 fully saturated rings. The van der Waals surface area contributed by atoms with Gasteiger partial charge in [0.05, 0.1) is 18.4 Å². The van der Waals surface area contributed by atoms with E-state index in [9.17, 15) is 22.8 Å². The molecule has 11 heteroatoms. The van der Waals surface area contributed by atoms with Crippen molar-refractivity contribution in [1.82, 2.24) is 5.43 Å². The van der Waals surface area contributed by atoms with Gasteiger partial charge in [-0.15, -0.1) is 0 Å². The fourth-order valence-electron chi connectivity index (χ4n) is 3.19. The Morgan fingerprint density at radius 1 is 0.947 bits per heavy atom. The molecule has 0 aliphatic heterocycles. The van der Waals surface area contributed by atoms with E-state index < -0.39 is 23.6 Å². The highest BCUT2D eigenvalue weighted by atomic mass is 79.9. The standard InChI is InChI=1S/C27H25BrF3N3O4/c1-2-37-24-14-19(8-11-23(24)38-17-18-6-9-21(28)10-7-18)16-32-34-26(36)13-12-25(35)33-22-5-3-4-20(15-22)27(29,30)31/h3-11,14-16H,2,12-13,17H2,1H3,(H,33,35)(H,34,36). The predicted octanol–water partition coefficient (Wildman–Crippen LogP) is 6.31. The van der Waals surface area contributed by atoms with Crippen molar-refractivity contribution in [2.24, 2.45) is 5.10 Å². The zero-order chi connectivity index (χ0) is 27.5. The van der Waals surface area contributed by atoms with Crippen molar-refractivity contribution >= 4 is 39.6 Å². The van der Waals surface area contributed by atoms with Crippen LogP contribution in [-0.4, -0.2) is 24.6 Å². The number of nitrogens with one attached hydrogen (secondary N) is 2. The second kappa shape index (κ2) is 13.6. The van der Waals surface area contributed by atoms with Crippen LogP contribution in [0.3, 0.4) is 0 Å². The molecule has 3 aromatic carbocycles. The molecule has 200 valence electrons. The fourth-order valence-corrected chi connectivity index (χ4v) is 3.46. The number of hydrogen-bond acceptors (Lipinski definition) is 5. The van der Waals surface area contributed by atoms with Crippen LogP contribution in [0, 0.1) is 0 Å². The molecule has 0 saturated heterocycles. The van der Waals surface area contributed by atoms with Gasteiger partial charge >= 0.3 is 6.18 Å². The van der Waals surface area contributed by atoms with Gasteiger partial charge in [-0.3, -0.25) is 9.59 Å². The Hall–Kier alpha value is -3.86. The number of benzene rings is 3. The Morgan fingerprint density at radius 3 is 2.39 bits per heavy atom. The molecule has 38 heavy (non-hydrogen) atoms. The minimum absolute atomic E-state index is 0.00220. The highest BCUT2D eigenvalue weighted by Crippen LogP contribution is 2.31. The summed E-state index contributed by atoms with van der Waals surface area (Å²) < 4.78 is 50.9. The number of rotatable bonds is 11. The fraction of sp³-hybridized carbons (Fsp3) is 0.222. The van der Waals surface area contributed by atoms with Crippen LogP contribution in [0.4, 0.5) is 18.9 Å². The maximum Gasteiger partial charge on any atom is 0.416 e. The lowest BCUT2D eigenvalue weighted by Gasteiger charge is -2.12. The van der Waals surface area contributed by atoms with E-state index >= 15 is 0 Å². The van der Waals surface area contributed by atoms with Gasteiger partial charge in [0.15, 0.2) is 11.5 Å². The molecule has 0 unspecified atom stereocenters. The third kappa shape index (κ3) is 9.22. The zero-order valence-corrected chi connectivity index (χ0v) is 21.9. The molecule has 0 atom stereocenters. The molecule has 0 bridgehead atoms. The van der Waals surface area contributed by atoms with Gasteiger partial charge in [0.25, 0.3) is 0 Å². The maximum absolute atomic E-state index is 12.8. The van der Waals surface area contributed by atoms with E-state index in [0.29, 0.717) is 30.3 Å². The molecule has 0 heterocycles. The number of halogens is 4. The number of carbonyl (C=O) groups excluding carboxylic acids is 2. The molecule has 0 spiro atoms. The lowest BCUT2D eigenvalue weighted by molar-refractivity contribution is -0.137. The van der Waals surface area contributed by atoms with Crippen molar-refractivity contribution in [3.63, 3.8) is 0 Å². The summed E-state index contributed by atoms with van der Waals surface area (Å²) >= 11 is 3.40. The average Bonchev–Trinajstić information content (AvgIpc) is 2.88. The lowest BCUT2D eigenvalue weighted by atomic mass is 10.2. The molecular weight excluding hydrogens is 567 g/mol. The third-order valence-corrected chi connectivity index (χ3v) is 5.56. The summed E-state index contributed by atoms with van der Waals surface area (Å²) in [5.41, 5.74) is 3.08. The molecule has 0 radical (unpaired) electrons. The highest BCUT2D eigenvalue weighted by molar-refractivity contribution is 9.10. The topological polar surface area (TPSA) is 89.0 Å². The van der Waals surface area contributed by atoms with Crippen molar-refractivity contribution in [2.45, 2.75) is 32.5 Å². The van der Waals surface area contributed by atoms with Gasteiger partial charge in [-0.05, 0) is 66.6 Å². The van der Waals surface area contributed by atoms with Crippen LogP contribution in [0.2, 0.25) is 0 Å². The van der Waals surface area contributed by atoms with E-state index in [1.165, 1.54) is 18.3 Å². The molecule has 0 aliphatic carbocycles. The SMILES string of the molecule is CCOc1cc(C=NNC(=O)CCC(=O)Nc2cccc(C(F)(F)F)c2)ccc1OCc1ccc(Br)cc1. The van der Waals surface area contributed by atoms with Crippen molar-refractivity contribution < 1.29 is 32.2 Å². The highest BCUT2D eigenvalue weighted by Gasteiger charge is 2.30. The van der Waals surface area contributed by atoms with E-state index in [0.717, 1.165) is 22.2 Å². The Kier molecular flexibility index (Phi) is 10.3. The van der Waals surface area contributed by atoms with E-state index in [-0.39, 0.29) is 18.5 Å². The predicted molar refractivity (Wildman–Crippen MR) is 141 cm³/mol. The maximum atomic E-state index is 12.8. The van der Waals surface area contributed by atoms with Crippen molar-refractivity contribution in [3.05, 3.63) is 87.9 Å². The van der Waals surface area contributed by atoms with Crippen molar-refractivity contribution in [1.29, 1.82) is 0 Å². The van der Waals surface area contributed by atoms with Gasteiger partial charge < -0.3 is 14.8 Å². The van der Waals surface area contributed by atoms with Gasteiger partial charge in [0.2, 0.25) is 11.8 Å². The Bertz CT molecular complexity index is 1280. The third-order valence-electron chi connectivity index (χ3n) is 5.03. The van der Waals surface area contributed by atoms with Crippen LogP contribution in [0.25, 0.3) is 0 Å². The number of carbonyl (C=O) groups is 2. The van der Waals surface area contributed by atoms with E-state index in [2.05, 4.69) is 31.8 Å². The molecule has 0 saturated carbocycles. The number of hydrogen-bond donors (Lipinski definition) is 2. The number of nitrogens with zero attached hydrogens (tertiary/aromatic N) is 1. The van der Waals surface area contributed by atoms with E-state index in [1.807, 2.05) is 31.2 Å². The number of alkyl halides is 3. The summed E-state index contributed by atoms with van der Waals surface area (Å²) in [5, 5.41) is 6.25. The molecule has 2 N–H and O–H groups in total. The molecule has 7 nitrogen and oxygen atoms in total. The van der Waals surface area contributed by atoms with Crippen LogP contribution in [0.1, 0.15) is 36.5 Å². The summed E-state index contributed by atoms with van der Waals surface area (Å²) in [4.78, 5) is 24.1. The lowest BCUT2D eigenvalue weighted by Crippen LogP contribution is -2.20. The first-order chi connectivity index (χ1) is 18.1. The molecule has 0 aliphatic rings. The number of anilines is 1. The Morgan fingerprint density at radius 2 is 1.68 bits per heavy atom. The number of amides is 2. The molecule has 3 aromatic rings. The summed E-state index contributed by atoms with van der Waals surface area (Å²) in [7, 11) is 0. The Balaban J connectivity index is 1.49. The second-order valence-electron chi connectivity index (χ2n) is 7.97. The first kappa shape index (κ1) is 28.7. The second-order valence-corrected chi connectivity index (χ2v) is 8.89. The summed E-state index contributed by atoms with van der Waals surface area (Å²) in [6, 6.07) is 17.2.